The first kappa shape index (κ1) is 32.2. The van der Waals surface area contributed by atoms with Gasteiger partial charge in [-0.3, -0.25) is 19.2 Å². The zero-order chi connectivity index (χ0) is 30.3. The number of aryl methyl sites for hydroxylation is 1. The molecule has 1 aliphatic rings. The lowest BCUT2D eigenvalue weighted by atomic mass is 9.85. The average molecular weight is 588 g/mol. The number of carboxylic acids is 1. The fourth-order valence-electron chi connectivity index (χ4n) is 4.70. The molecule has 0 radical (unpaired) electrons. The number of nitrogens with one attached hydrogen (secondary N) is 2. The number of aliphatic hydroxyl groups excluding tert-OH is 1. The molecule has 0 unspecified atom stereocenters. The Morgan fingerprint density at radius 2 is 1.80 bits per heavy atom. The maximum absolute atomic E-state index is 13.7. The maximum Gasteiger partial charge on any atom is 0.304 e. The molecule has 1 fully saturated rings. The summed E-state index contributed by atoms with van der Waals surface area (Å²) in [6.07, 6.45) is -0.680. The van der Waals surface area contributed by atoms with Crippen LogP contribution in [0.2, 0.25) is 0 Å². The predicted molar refractivity (Wildman–Crippen MR) is 156 cm³/mol. The molecule has 1 aromatic carbocycles. The van der Waals surface area contributed by atoms with Crippen LogP contribution in [-0.4, -0.2) is 93.6 Å². The van der Waals surface area contributed by atoms with Crippen molar-refractivity contribution < 1.29 is 29.4 Å². The number of carboxylic acid groups (broad SMARTS) is 1. The SMILES string of the molecule is Cc1ncsc1-c1ccc(CNC(=O)[C@@H]2C[C@@H](O)CN2C(=O)[C@@H](NC(=O)CCN(C)CCC(=O)O)C(C)(C)C)cc1. The number of carbonyl (C=O) groups excluding carboxylic acids is 3. The molecule has 1 aliphatic heterocycles. The van der Waals surface area contributed by atoms with Crippen LogP contribution in [0.4, 0.5) is 0 Å². The second kappa shape index (κ2) is 14.0. The Kier molecular flexibility index (Phi) is 11.0. The van der Waals surface area contributed by atoms with Crippen LogP contribution < -0.4 is 10.6 Å². The summed E-state index contributed by atoms with van der Waals surface area (Å²) in [5.74, 6) is -2.05. The first-order chi connectivity index (χ1) is 19.3. The summed E-state index contributed by atoms with van der Waals surface area (Å²) >= 11 is 1.57. The maximum atomic E-state index is 13.7. The number of amides is 3. The van der Waals surface area contributed by atoms with Crippen LogP contribution in [0.15, 0.2) is 29.8 Å². The molecule has 0 bridgehead atoms. The van der Waals surface area contributed by atoms with Gasteiger partial charge >= 0.3 is 5.97 Å². The zero-order valence-corrected chi connectivity index (χ0v) is 25.2. The van der Waals surface area contributed by atoms with Crippen molar-refractivity contribution in [3.8, 4) is 10.4 Å². The van der Waals surface area contributed by atoms with E-state index in [1.54, 1.807) is 28.8 Å². The van der Waals surface area contributed by atoms with Crippen LogP contribution in [0.3, 0.4) is 0 Å². The van der Waals surface area contributed by atoms with E-state index < -0.39 is 35.5 Å². The molecule has 0 saturated carbocycles. The van der Waals surface area contributed by atoms with E-state index in [9.17, 15) is 24.3 Å². The number of thiazole rings is 1. The highest BCUT2D eigenvalue weighted by atomic mass is 32.1. The average Bonchev–Trinajstić information content (AvgIpc) is 3.52. The minimum Gasteiger partial charge on any atom is -0.481 e. The van der Waals surface area contributed by atoms with Crippen molar-refractivity contribution in [2.24, 2.45) is 5.41 Å². The Morgan fingerprint density at radius 1 is 1.15 bits per heavy atom. The van der Waals surface area contributed by atoms with Crippen molar-refractivity contribution in [3.63, 3.8) is 0 Å². The Morgan fingerprint density at radius 3 is 2.39 bits per heavy atom. The van der Waals surface area contributed by atoms with Gasteiger partial charge in [-0.25, -0.2) is 4.98 Å². The van der Waals surface area contributed by atoms with Crippen molar-refractivity contribution in [1.29, 1.82) is 0 Å². The summed E-state index contributed by atoms with van der Waals surface area (Å²) in [5, 5.41) is 24.9. The van der Waals surface area contributed by atoms with Crippen LogP contribution in [-0.2, 0) is 25.7 Å². The van der Waals surface area contributed by atoms with Gasteiger partial charge in [0.25, 0.3) is 0 Å². The van der Waals surface area contributed by atoms with Gasteiger partial charge in [0.05, 0.1) is 28.6 Å². The van der Waals surface area contributed by atoms with E-state index in [2.05, 4.69) is 15.6 Å². The van der Waals surface area contributed by atoms with Gasteiger partial charge in [-0.05, 0) is 30.5 Å². The molecule has 4 N–H and O–H groups in total. The molecule has 41 heavy (non-hydrogen) atoms. The van der Waals surface area contributed by atoms with E-state index in [0.717, 1.165) is 21.7 Å². The van der Waals surface area contributed by atoms with Crippen molar-refractivity contribution in [1.82, 2.24) is 25.4 Å². The number of nitrogens with zero attached hydrogens (tertiary/aromatic N) is 3. The van der Waals surface area contributed by atoms with E-state index in [1.807, 2.05) is 52.0 Å². The number of aliphatic carboxylic acids is 1. The smallest absolute Gasteiger partial charge is 0.304 e. The molecule has 2 heterocycles. The van der Waals surface area contributed by atoms with Gasteiger partial charge in [0.15, 0.2) is 0 Å². The number of likely N-dealkylation sites (tertiary alicyclic amines) is 1. The molecule has 12 heteroatoms. The predicted octanol–water partition coefficient (Wildman–Crippen LogP) is 2.02. The van der Waals surface area contributed by atoms with E-state index >= 15 is 0 Å². The normalized spacial score (nSPS) is 17.9. The van der Waals surface area contributed by atoms with Gasteiger partial charge in [0, 0.05) is 39.0 Å². The summed E-state index contributed by atoms with van der Waals surface area (Å²) in [4.78, 5) is 58.9. The number of aromatic nitrogens is 1. The molecule has 3 amide bonds. The lowest BCUT2D eigenvalue weighted by Crippen LogP contribution is -2.57. The molecule has 0 spiro atoms. The number of carbonyl (C=O) groups is 4. The van der Waals surface area contributed by atoms with E-state index in [1.165, 1.54) is 4.90 Å². The van der Waals surface area contributed by atoms with Crippen LogP contribution in [0, 0.1) is 12.3 Å². The molecule has 3 atom stereocenters. The van der Waals surface area contributed by atoms with Crippen molar-refractivity contribution in [2.75, 3.05) is 26.7 Å². The Hall–Kier alpha value is -3.35. The van der Waals surface area contributed by atoms with Crippen molar-refractivity contribution >= 4 is 35.0 Å². The number of hydrogen-bond acceptors (Lipinski definition) is 8. The van der Waals surface area contributed by atoms with Gasteiger partial charge in [0.2, 0.25) is 17.7 Å². The highest BCUT2D eigenvalue weighted by Crippen LogP contribution is 2.28. The standard InChI is InChI=1S/C29H41N5O6S/c1-18-25(41-17-31-18)20-8-6-19(7-9-20)15-30-27(39)22-14-21(35)16-34(22)28(40)26(29(2,3)4)32-23(36)10-12-33(5)13-11-24(37)38/h6-9,17,21-22,26,35H,10-16H2,1-5H3,(H,30,39)(H,32,36)(H,37,38)/t21-,22+,26-/m1/s1. The second-order valence-electron chi connectivity index (χ2n) is 11.6. The molecule has 1 saturated heterocycles. The van der Waals surface area contributed by atoms with Gasteiger partial charge in [0.1, 0.15) is 12.1 Å². The molecular weight excluding hydrogens is 546 g/mol. The Bertz CT molecular complexity index is 1230. The molecule has 3 rings (SSSR count). The van der Waals surface area contributed by atoms with E-state index in [0.29, 0.717) is 13.1 Å². The van der Waals surface area contributed by atoms with Gasteiger partial charge in [-0.2, -0.15) is 0 Å². The summed E-state index contributed by atoms with van der Waals surface area (Å²) in [5.41, 5.74) is 4.07. The molecule has 0 aliphatic carbocycles. The lowest BCUT2D eigenvalue weighted by molar-refractivity contribution is -0.144. The molecule has 11 nitrogen and oxygen atoms in total. The Balaban J connectivity index is 1.61. The first-order valence-corrected chi connectivity index (χ1v) is 14.6. The van der Waals surface area contributed by atoms with Crippen LogP contribution >= 0.6 is 11.3 Å². The molecule has 1 aromatic heterocycles. The fraction of sp³-hybridized carbons (Fsp3) is 0.552. The summed E-state index contributed by atoms with van der Waals surface area (Å²) < 4.78 is 0. The van der Waals surface area contributed by atoms with Gasteiger partial charge in [-0.15, -0.1) is 11.3 Å². The van der Waals surface area contributed by atoms with E-state index in [-0.39, 0.29) is 44.2 Å². The lowest BCUT2D eigenvalue weighted by Gasteiger charge is -2.35. The number of benzene rings is 1. The van der Waals surface area contributed by atoms with Crippen LogP contribution in [0.5, 0.6) is 0 Å². The van der Waals surface area contributed by atoms with Gasteiger partial charge in [-0.1, -0.05) is 45.0 Å². The summed E-state index contributed by atoms with van der Waals surface area (Å²) in [6, 6.07) is 6.06. The minimum atomic E-state index is -0.914. The monoisotopic (exact) mass is 587 g/mol. The number of rotatable bonds is 12. The third-order valence-electron chi connectivity index (χ3n) is 7.14. The fourth-order valence-corrected chi connectivity index (χ4v) is 5.52. The zero-order valence-electron chi connectivity index (χ0n) is 24.3. The second-order valence-corrected chi connectivity index (χ2v) is 12.5. The largest absolute Gasteiger partial charge is 0.481 e. The first-order valence-electron chi connectivity index (χ1n) is 13.7. The minimum absolute atomic E-state index is 0.000192. The third-order valence-corrected chi connectivity index (χ3v) is 8.12. The summed E-state index contributed by atoms with van der Waals surface area (Å²) in [6.45, 7) is 8.35. The summed E-state index contributed by atoms with van der Waals surface area (Å²) in [7, 11) is 1.73. The number of aliphatic hydroxyl groups is 1. The molecular formula is C29H41N5O6S. The molecule has 2 aromatic rings. The number of β-amino-alcohol motifs (C(OH)–C–C–N with tert-alkyl or cyclic N) is 1. The highest BCUT2D eigenvalue weighted by molar-refractivity contribution is 7.13. The Labute approximate surface area is 244 Å². The highest BCUT2D eigenvalue weighted by Gasteiger charge is 2.44. The van der Waals surface area contributed by atoms with Crippen molar-refractivity contribution in [2.45, 2.75) is 71.7 Å². The third kappa shape index (κ3) is 9.07. The van der Waals surface area contributed by atoms with Crippen molar-refractivity contribution in [3.05, 3.63) is 41.0 Å². The topological polar surface area (TPSA) is 152 Å². The number of hydrogen-bond donors (Lipinski definition) is 4. The quantitative estimate of drug-likeness (QED) is 0.294. The van der Waals surface area contributed by atoms with Crippen LogP contribution in [0.25, 0.3) is 10.4 Å². The molecule has 224 valence electrons. The van der Waals surface area contributed by atoms with E-state index in [4.69, 9.17) is 5.11 Å². The van der Waals surface area contributed by atoms with Crippen LogP contribution in [0.1, 0.15) is 51.3 Å². The van der Waals surface area contributed by atoms with Gasteiger partial charge < -0.3 is 30.6 Å².